The van der Waals surface area contributed by atoms with Crippen LogP contribution in [0.5, 0.6) is 0 Å². The summed E-state index contributed by atoms with van der Waals surface area (Å²) in [6.45, 7) is 5.06. The number of benzene rings is 1. The van der Waals surface area contributed by atoms with Crippen molar-refractivity contribution in [1.29, 1.82) is 0 Å². The minimum atomic E-state index is -0.0803. The van der Waals surface area contributed by atoms with E-state index < -0.39 is 0 Å². The molecule has 0 aliphatic rings. The second kappa shape index (κ2) is 5.80. The molecule has 4 nitrogen and oxygen atoms in total. The Balaban J connectivity index is 2.11. The Bertz CT molecular complexity index is 505. The maximum Gasteiger partial charge on any atom is 0.223 e. The number of nitrogens with zero attached hydrogens (tertiary/aromatic N) is 2. The standard InChI is InChI=1S/C15H20N4/c1-15(2,11-16-3)19-14-17-9-13(10-18-14)12-7-5-4-6-8-12/h4-10,16H,11H2,1-3H3,(H,17,18,19). The molecule has 0 bridgehead atoms. The molecule has 2 rings (SSSR count). The van der Waals surface area contributed by atoms with E-state index in [2.05, 4.69) is 46.6 Å². The lowest BCUT2D eigenvalue weighted by Crippen LogP contribution is -2.41. The number of hydrogen-bond acceptors (Lipinski definition) is 4. The van der Waals surface area contributed by atoms with Crippen molar-refractivity contribution < 1.29 is 0 Å². The third-order valence-corrected chi connectivity index (χ3v) is 2.83. The molecule has 4 heteroatoms. The Morgan fingerprint density at radius 2 is 1.63 bits per heavy atom. The van der Waals surface area contributed by atoms with Gasteiger partial charge in [-0.1, -0.05) is 30.3 Å². The molecular weight excluding hydrogens is 236 g/mol. The SMILES string of the molecule is CNCC(C)(C)Nc1ncc(-c2ccccc2)cn1. The van der Waals surface area contributed by atoms with Crippen LogP contribution in [-0.2, 0) is 0 Å². The molecule has 0 amide bonds. The topological polar surface area (TPSA) is 49.8 Å². The molecule has 0 unspecified atom stereocenters. The minimum absolute atomic E-state index is 0.0803. The van der Waals surface area contributed by atoms with Gasteiger partial charge in [0.05, 0.1) is 0 Å². The molecule has 0 saturated heterocycles. The Kier molecular flexibility index (Phi) is 4.12. The first-order valence-corrected chi connectivity index (χ1v) is 6.41. The quantitative estimate of drug-likeness (QED) is 0.863. The number of aromatic nitrogens is 2. The van der Waals surface area contributed by atoms with Crippen molar-refractivity contribution in [3.8, 4) is 11.1 Å². The molecule has 1 aromatic carbocycles. The van der Waals surface area contributed by atoms with E-state index in [1.807, 2.05) is 37.6 Å². The molecule has 0 saturated carbocycles. The zero-order valence-electron chi connectivity index (χ0n) is 11.6. The zero-order chi connectivity index (χ0) is 13.7. The van der Waals surface area contributed by atoms with Gasteiger partial charge in [-0.2, -0.15) is 0 Å². The number of anilines is 1. The highest BCUT2D eigenvalue weighted by molar-refractivity contribution is 5.61. The number of likely N-dealkylation sites (N-methyl/N-ethyl adjacent to an activating group) is 1. The van der Waals surface area contributed by atoms with Crippen LogP contribution in [-0.4, -0.2) is 29.1 Å². The van der Waals surface area contributed by atoms with Crippen LogP contribution in [0.1, 0.15) is 13.8 Å². The van der Waals surface area contributed by atoms with Crippen LogP contribution >= 0.6 is 0 Å². The van der Waals surface area contributed by atoms with Crippen molar-refractivity contribution in [1.82, 2.24) is 15.3 Å². The molecule has 0 spiro atoms. The van der Waals surface area contributed by atoms with Crippen molar-refractivity contribution in [2.24, 2.45) is 0 Å². The Morgan fingerprint density at radius 1 is 1.00 bits per heavy atom. The predicted molar refractivity (Wildman–Crippen MR) is 79.1 cm³/mol. The molecule has 1 heterocycles. The maximum atomic E-state index is 4.37. The summed E-state index contributed by atoms with van der Waals surface area (Å²) in [5.41, 5.74) is 2.07. The van der Waals surface area contributed by atoms with Gasteiger partial charge in [-0.3, -0.25) is 0 Å². The van der Waals surface area contributed by atoms with Gasteiger partial charge in [-0.25, -0.2) is 9.97 Å². The van der Waals surface area contributed by atoms with E-state index >= 15 is 0 Å². The highest BCUT2D eigenvalue weighted by atomic mass is 15.1. The molecule has 19 heavy (non-hydrogen) atoms. The van der Waals surface area contributed by atoms with Gasteiger partial charge >= 0.3 is 0 Å². The number of rotatable bonds is 5. The average Bonchev–Trinajstić information content (AvgIpc) is 2.40. The third-order valence-electron chi connectivity index (χ3n) is 2.83. The van der Waals surface area contributed by atoms with Crippen molar-refractivity contribution in [2.45, 2.75) is 19.4 Å². The van der Waals surface area contributed by atoms with Crippen LogP contribution in [0.2, 0.25) is 0 Å². The van der Waals surface area contributed by atoms with E-state index in [0.29, 0.717) is 5.95 Å². The van der Waals surface area contributed by atoms with Gasteiger partial charge in [-0.05, 0) is 26.5 Å². The van der Waals surface area contributed by atoms with Gasteiger partial charge in [0.25, 0.3) is 0 Å². The van der Waals surface area contributed by atoms with Gasteiger partial charge in [0.2, 0.25) is 5.95 Å². The summed E-state index contributed by atoms with van der Waals surface area (Å²) < 4.78 is 0. The molecule has 0 fully saturated rings. The van der Waals surface area contributed by atoms with Crippen molar-refractivity contribution in [3.05, 3.63) is 42.7 Å². The van der Waals surface area contributed by atoms with Gasteiger partial charge in [0.15, 0.2) is 0 Å². The van der Waals surface area contributed by atoms with Gasteiger partial charge in [0.1, 0.15) is 0 Å². The molecule has 0 radical (unpaired) electrons. The molecular formula is C15H20N4. The second-order valence-electron chi connectivity index (χ2n) is 5.20. The fourth-order valence-corrected chi connectivity index (χ4v) is 1.96. The lowest BCUT2D eigenvalue weighted by atomic mass is 10.1. The molecule has 0 aliphatic carbocycles. The lowest BCUT2D eigenvalue weighted by molar-refractivity contribution is 0.526. The highest BCUT2D eigenvalue weighted by Gasteiger charge is 2.17. The zero-order valence-corrected chi connectivity index (χ0v) is 11.6. The second-order valence-corrected chi connectivity index (χ2v) is 5.20. The lowest BCUT2D eigenvalue weighted by Gasteiger charge is -2.25. The van der Waals surface area contributed by atoms with Gasteiger partial charge in [-0.15, -0.1) is 0 Å². The fourth-order valence-electron chi connectivity index (χ4n) is 1.96. The molecule has 0 atom stereocenters. The van der Waals surface area contributed by atoms with Crippen molar-refractivity contribution in [3.63, 3.8) is 0 Å². The van der Waals surface area contributed by atoms with Crippen LogP contribution in [0.15, 0.2) is 42.7 Å². The van der Waals surface area contributed by atoms with Crippen LogP contribution in [0.25, 0.3) is 11.1 Å². The summed E-state index contributed by atoms with van der Waals surface area (Å²) in [7, 11) is 1.93. The van der Waals surface area contributed by atoms with Crippen LogP contribution in [0, 0.1) is 0 Å². The molecule has 2 N–H and O–H groups in total. The molecule has 0 aliphatic heterocycles. The normalized spacial score (nSPS) is 11.3. The summed E-state index contributed by atoms with van der Waals surface area (Å²) in [5.74, 6) is 0.653. The highest BCUT2D eigenvalue weighted by Crippen LogP contribution is 2.18. The monoisotopic (exact) mass is 256 g/mol. The summed E-state index contributed by atoms with van der Waals surface area (Å²) >= 11 is 0. The average molecular weight is 256 g/mol. The molecule has 1 aromatic heterocycles. The first-order chi connectivity index (χ1) is 9.11. The Morgan fingerprint density at radius 3 is 2.21 bits per heavy atom. The smallest absolute Gasteiger partial charge is 0.223 e. The maximum absolute atomic E-state index is 4.37. The van der Waals surface area contributed by atoms with Crippen molar-refractivity contribution in [2.75, 3.05) is 18.9 Å². The van der Waals surface area contributed by atoms with E-state index in [1.54, 1.807) is 0 Å². The summed E-state index contributed by atoms with van der Waals surface area (Å²) in [6.07, 6.45) is 3.69. The minimum Gasteiger partial charge on any atom is -0.348 e. The van der Waals surface area contributed by atoms with Crippen LogP contribution in [0.4, 0.5) is 5.95 Å². The Labute approximate surface area is 114 Å². The number of hydrogen-bond donors (Lipinski definition) is 2. The first kappa shape index (κ1) is 13.5. The summed E-state index contributed by atoms with van der Waals surface area (Å²) in [5, 5.41) is 6.46. The largest absolute Gasteiger partial charge is 0.348 e. The van der Waals surface area contributed by atoms with Crippen LogP contribution in [0.3, 0.4) is 0 Å². The first-order valence-electron chi connectivity index (χ1n) is 6.41. The fraction of sp³-hybridized carbons (Fsp3) is 0.333. The van der Waals surface area contributed by atoms with Gasteiger partial charge in [0, 0.05) is 30.0 Å². The van der Waals surface area contributed by atoms with Crippen molar-refractivity contribution >= 4 is 5.95 Å². The molecule has 100 valence electrons. The Hall–Kier alpha value is -1.94. The van der Waals surface area contributed by atoms with E-state index in [4.69, 9.17) is 0 Å². The summed E-state index contributed by atoms with van der Waals surface area (Å²) in [4.78, 5) is 8.75. The third kappa shape index (κ3) is 3.76. The summed E-state index contributed by atoms with van der Waals surface area (Å²) in [6, 6.07) is 10.1. The van der Waals surface area contributed by atoms with E-state index in [0.717, 1.165) is 17.7 Å². The van der Waals surface area contributed by atoms with E-state index in [9.17, 15) is 0 Å². The molecule has 2 aromatic rings. The van der Waals surface area contributed by atoms with Gasteiger partial charge < -0.3 is 10.6 Å². The van der Waals surface area contributed by atoms with Crippen LogP contribution < -0.4 is 10.6 Å². The van der Waals surface area contributed by atoms with E-state index in [-0.39, 0.29) is 5.54 Å². The van der Waals surface area contributed by atoms with E-state index in [1.165, 1.54) is 0 Å². The number of nitrogens with one attached hydrogen (secondary N) is 2. The predicted octanol–water partition coefficient (Wildman–Crippen LogP) is 2.55.